The molecule has 1 aromatic carbocycles. The Morgan fingerprint density at radius 2 is 2.11 bits per heavy atom. The molecule has 0 radical (unpaired) electrons. The third-order valence-corrected chi connectivity index (χ3v) is 4.19. The Labute approximate surface area is 154 Å². The van der Waals surface area contributed by atoms with E-state index in [2.05, 4.69) is 25.4 Å². The van der Waals surface area contributed by atoms with Crippen molar-refractivity contribution in [3.63, 3.8) is 0 Å². The van der Waals surface area contributed by atoms with Crippen LogP contribution in [0.25, 0.3) is 11.6 Å². The van der Waals surface area contributed by atoms with Gasteiger partial charge in [-0.3, -0.25) is 4.79 Å². The monoisotopic (exact) mass is 367 g/mol. The minimum atomic E-state index is -0.301. The second kappa shape index (κ2) is 7.40. The maximum absolute atomic E-state index is 12.5. The fraction of sp³-hybridized carbons (Fsp3) is 0.278. The van der Waals surface area contributed by atoms with Crippen molar-refractivity contribution in [3.8, 4) is 23.1 Å². The fourth-order valence-electron chi connectivity index (χ4n) is 2.86. The molecule has 9 heteroatoms. The van der Waals surface area contributed by atoms with Crippen LogP contribution in [0.15, 0.2) is 41.2 Å². The van der Waals surface area contributed by atoms with Crippen molar-refractivity contribution in [2.45, 2.75) is 13.0 Å². The second-order valence-electron chi connectivity index (χ2n) is 5.96. The van der Waals surface area contributed by atoms with Gasteiger partial charge in [0.2, 0.25) is 23.4 Å². The van der Waals surface area contributed by atoms with Crippen LogP contribution in [0.2, 0.25) is 0 Å². The summed E-state index contributed by atoms with van der Waals surface area (Å²) in [6.07, 6.45) is 3.76. The fourth-order valence-corrected chi connectivity index (χ4v) is 2.86. The van der Waals surface area contributed by atoms with Crippen LogP contribution in [-0.4, -0.2) is 39.7 Å². The lowest BCUT2D eigenvalue weighted by atomic mass is 9.95. The van der Waals surface area contributed by atoms with E-state index in [1.165, 1.54) is 0 Å². The molecule has 0 saturated heterocycles. The number of carbonyl (C=O) groups is 1. The molecule has 0 bridgehead atoms. The molecule has 9 nitrogen and oxygen atoms in total. The highest BCUT2D eigenvalue weighted by atomic mass is 16.5. The number of nitrogens with zero attached hydrogens (tertiary/aromatic N) is 4. The van der Waals surface area contributed by atoms with Crippen molar-refractivity contribution in [2.75, 3.05) is 13.7 Å². The molecule has 138 valence electrons. The van der Waals surface area contributed by atoms with Crippen molar-refractivity contribution in [2.24, 2.45) is 5.92 Å². The number of fused-ring (bicyclic) bond motifs is 1. The van der Waals surface area contributed by atoms with E-state index in [1.54, 1.807) is 25.6 Å². The van der Waals surface area contributed by atoms with Gasteiger partial charge in [-0.1, -0.05) is 17.3 Å². The molecule has 0 spiro atoms. The van der Waals surface area contributed by atoms with Crippen LogP contribution in [-0.2, 0) is 17.8 Å². The van der Waals surface area contributed by atoms with E-state index in [1.807, 2.05) is 18.2 Å². The highest BCUT2D eigenvalue weighted by Gasteiger charge is 2.28. The van der Waals surface area contributed by atoms with E-state index in [0.717, 1.165) is 5.56 Å². The predicted molar refractivity (Wildman–Crippen MR) is 92.9 cm³/mol. The summed E-state index contributed by atoms with van der Waals surface area (Å²) in [6, 6.07) is 7.35. The molecule has 0 saturated carbocycles. The summed E-state index contributed by atoms with van der Waals surface area (Å²) in [4.78, 5) is 24.8. The number of methoxy groups -OCH3 is 1. The number of para-hydroxylation sites is 1. The third kappa shape index (κ3) is 3.57. The molecule has 0 fully saturated rings. The first-order valence-electron chi connectivity index (χ1n) is 8.41. The number of benzene rings is 1. The van der Waals surface area contributed by atoms with Gasteiger partial charge in [0.15, 0.2) is 11.5 Å². The minimum absolute atomic E-state index is 0.125. The zero-order chi connectivity index (χ0) is 18.6. The minimum Gasteiger partial charge on any atom is -0.493 e. The Morgan fingerprint density at radius 3 is 2.93 bits per heavy atom. The first-order valence-corrected chi connectivity index (χ1v) is 8.41. The smallest absolute Gasteiger partial charge is 0.246 e. The lowest BCUT2D eigenvalue weighted by Gasteiger charge is -2.25. The molecular formula is C18H17N5O4. The number of ether oxygens (including phenoxy) is 2. The molecule has 1 aliphatic heterocycles. The van der Waals surface area contributed by atoms with Crippen molar-refractivity contribution in [3.05, 3.63) is 48.1 Å². The van der Waals surface area contributed by atoms with Crippen molar-refractivity contribution in [1.82, 2.24) is 25.4 Å². The molecule has 3 heterocycles. The standard InChI is InChI=1S/C18H17N5O4/c1-25-13-5-2-4-11-8-12(10-26-15(11)13)18(24)21-9-14-22-17(23-27-14)16-19-6-3-7-20-16/h2-7,12H,8-10H2,1H3,(H,21,24)/t12-/m0/s1. The van der Waals surface area contributed by atoms with Gasteiger partial charge >= 0.3 is 0 Å². The largest absolute Gasteiger partial charge is 0.493 e. The Kier molecular flexibility index (Phi) is 4.65. The molecule has 1 amide bonds. The number of amides is 1. The average Bonchev–Trinajstić information content (AvgIpc) is 3.21. The normalized spacial score (nSPS) is 15.5. The summed E-state index contributed by atoms with van der Waals surface area (Å²) in [5.74, 6) is 1.86. The predicted octanol–water partition coefficient (Wildman–Crippen LogP) is 1.40. The molecule has 0 aliphatic carbocycles. The molecule has 1 aliphatic rings. The number of hydrogen-bond acceptors (Lipinski definition) is 8. The molecule has 27 heavy (non-hydrogen) atoms. The summed E-state index contributed by atoms with van der Waals surface area (Å²) in [5, 5.41) is 6.63. The van der Waals surface area contributed by atoms with Gasteiger partial charge < -0.3 is 19.3 Å². The molecule has 4 rings (SSSR count). The molecule has 2 aromatic heterocycles. The number of aromatic nitrogens is 4. The van der Waals surface area contributed by atoms with Gasteiger partial charge in [0.05, 0.1) is 19.6 Å². The lowest BCUT2D eigenvalue weighted by Crippen LogP contribution is -2.37. The molecule has 1 N–H and O–H groups in total. The zero-order valence-electron chi connectivity index (χ0n) is 14.6. The Morgan fingerprint density at radius 1 is 1.26 bits per heavy atom. The SMILES string of the molecule is COc1cccc2c1OC[C@@H](C(=O)NCc1nc(-c3ncccn3)no1)C2. The van der Waals surface area contributed by atoms with Crippen LogP contribution >= 0.6 is 0 Å². The summed E-state index contributed by atoms with van der Waals surface area (Å²) in [5.41, 5.74) is 0.946. The number of rotatable bonds is 5. The summed E-state index contributed by atoms with van der Waals surface area (Å²) < 4.78 is 16.2. The van der Waals surface area contributed by atoms with Crippen molar-refractivity contribution < 1.29 is 18.8 Å². The first-order chi connectivity index (χ1) is 13.2. The van der Waals surface area contributed by atoms with Gasteiger partial charge in [-0.25, -0.2) is 9.97 Å². The number of hydrogen-bond donors (Lipinski definition) is 1. The molecular weight excluding hydrogens is 350 g/mol. The highest BCUT2D eigenvalue weighted by Crippen LogP contribution is 2.36. The van der Waals surface area contributed by atoms with Gasteiger partial charge in [0.25, 0.3) is 0 Å². The van der Waals surface area contributed by atoms with Crippen LogP contribution < -0.4 is 14.8 Å². The molecule has 3 aromatic rings. The van der Waals surface area contributed by atoms with Gasteiger partial charge in [0.1, 0.15) is 6.61 Å². The Bertz CT molecular complexity index is 944. The van der Waals surface area contributed by atoms with Crippen LogP contribution in [0.1, 0.15) is 11.5 Å². The third-order valence-electron chi connectivity index (χ3n) is 4.19. The van der Waals surface area contributed by atoms with Gasteiger partial charge in [0, 0.05) is 12.4 Å². The topological polar surface area (TPSA) is 112 Å². The van der Waals surface area contributed by atoms with Gasteiger partial charge in [-0.05, 0) is 24.1 Å². The van der Waals surface area contributed by atoms with E-state index >= 15 is 0 Å². The highest BCUT2D eigenvalue weighted by molar-refractivity contribution is 5.79. The van der Waals surface area contributed by atoms with Crippen LogP contribution in [0, 0.1) is 5.92 Å². The van der Waals surface area contributed by atoms with Crippen molar-refractivity contribution in [1.29, 1.82) is 0 Å². The average molecular weight is 367 g/mol. The molecule has 0 unspecified atom stereocenters. The zero-order valence-corrected chi connectivity index (χ0v) is 14.6. The quantitative estimate of drug-likeness (QED) is 0.720. The van der Waals surface area contributed by atoms with E-state index in [-0.39, 0.29) is 36.7 Å². The Hall–Kier alpha value is -3.49. The van der Waals surface area contributed by atoms with Gasteiger partial charge in [-0.15, -0.1) is 0 Å². The van der Waals surface area contributed by atoms with Crippen molar-refractivity contribution >= 4 is 5.91 Å². The van der Waals surface area contributed by atoms with Gasteiger partial charge in [-0.2, -0.15) is 4.98 Å². The molecule has 1 atom stereocenters. The maximum Gasteiger partial charge on any atom is 0.246 e. The second-order valence-corrected chi connectivity index (χ2v) is 5.96. The van der Waals surface area contributed by atoms with Crippen LogP contribution in [0.3, 0.4) is 0 Å². The number of carbonyl (C=O) groups excluding carboxylic acids is 1. The summed E-state index contributed by atoms with van der Waals surface area (Å²) in [6.45, 7) is 0.409. The summed E-state index contributed by atoms with van der Waals surface area (Å²) >= 11 is 0. The van der Waals surface area contributed by atoms with E-state index in [0.29, 0.717) is 23.7 Å². The van der Waals surface area contributed by atoms with E-state index < -0.39 is 0 Å². The lowest BCUT2D eigenvalue weighted by molar-refractivity contribution is -0.126. The first kappa shape index (κ1) is 17.0. The van der Waals surface area contributed by atoms with Crippen LogP contribution in [0.5, 0.6) is 11.5 Å². The number of nitrogens with one attached hydrogen (secondary N) is 1. The Balaban J connectivity index is 1.37. The van der Waals surface area contributed by atoms with E-state index in [4.69, 9.17) is 14.0 Å². The van der Waals surface area contributed by atoms with E-state index in [9.17, 15) is 4.79 Å². The van der Waals surface area contributed by atoms with Crippen LogP contribution in [0.4, 0.5) is 0 Å². The maximum atomic E-state index is 12.5. The summed E-state index contributed by atoms with van der Waals surface area (Å²) in [7, 11) is 1.59.